The van der Waals surface area contributed by atoms with E-state index in [4.69, 9.17) is 5.73 Å². The number of nitrogen functional groups attached to an aromatic ring is 1. The molecule has 2 saturated carbocycles. The van der Waals surface area contributed by atoms with E-state index in [1.165, 1.54) is 25.7 Å². The van der Waals surface area contributed by atoms with E-state index in [1.807, 2.05) is 24.3 Å². The number of anilines is 1. The Morgan fingerprint density at radius 3 is 2.79 bits per heavy atom. The molecule has 3 unspecified atom stereocenters. The van der Waals surface area contributed by atoms with Crippen LogP contribution in [0.4, 0.5) is 5.69 Å². The van der Waals surface area contributed by atoms with Crippen LogP contribution in [0.5, 0.6) is 0 Å². The van der Waals surface area contributed by atoms with E-state index >= 15 is 0 Å². The Morgan fingerprint density at radius 2 is 2.11 bits per heavy atom. The van der Waals surface area contributed by atoms with Crippen molar-refractivity contribution >= 4 is 11.6 Å². The van der Waals surface area contributed by atoms with Crippen LogP contribution in [0.25, 0.3) is 0 Å². The molecule has 3 atom stereocenters. The van der Waals surface area contributed by atoms with Crippen molar-refractivity contribution in [1.82, 2.24) is 5.32 Å². The first-order valence-corrected chi connectivity index (χ1v) is 7.32. The minimum Gasteiger partial charge on any atom is -0.398 e. The summed E-state index contributed by atoms with van der Waals surface area (Å²) in [5.41, 5.74) is 7.49. The molecular weight excluding hydrogens is 236 g/mol. The highest BCUT2D eigenvalue weighted by atomic mass is 16.1. The van der Waals surface area contributed by atoms with Crippen molar-refractivity contribution in [3.63, 3.8) is 0 Å². The van der Waals surface area contributed by atoms with Gasteiger partial charge < -0.3 is 11.1 Å². The number of carbonyl (C=O) groups is 1. The molecule has 0 heterocycles. The van der Waals surface area contributed by atoms with Crippen molar-refractivity contribution in [3.05, 3.63) is 29.8 Å². The maximum absolute atomic E-state index is 12.0. The number of fused-ring (bicyclic) bond motifs is 2. The summed E-state index contributed by atoms with van der Waals surface area (Å²) in [5.74, 6) is 2.63. The predicted molar refractivity (Wildman–Crippen MR) is 76.5 cm³/mol. The monoisotopic (exact) mass is 258 g/mol. The molecule has 19 heavy (non-hydrogen) atoms. The second-order valence-electron chi connectivity index (χ2n) is 6.11. The Balaban J connectivity index is 1.48. The zero-order chi connectivity index (χ0) is 13.2. The van der Waals surface area contributed by atoms with Gasteiger partial charge in [0.1, 0.15) is 0 Å². The van der Waals surface area contributed by atoms with E-state index in [9.17, 15) is 4.79 Å². The first-order chi connectivity index (χ1) is 9.22. The number of para-hydroxylation sites is 1. The molecule has 1 amide bonds. The van der Waals surface area contributed by atoms with Crippen molar-refractivity contribution in [2.24, 2.45) is 17.8 Å². The molecule has 0 aromatic heterocycles. The molecule has 3 rings (SSSR count). The van der Waals surface area contributed by atoms with Gasteiger partial charge in [0.05, 0.1) is 6.42 Å². The highest BCUT2D eigenvalue weighted by Crippen LogP contribution is 2.47. The molecule has 0 spiro atoms. The predicted octanol–water partition coefficient (Wildman–Crippen LogP) is 2.36. The van der Waals surface area contributed by atoms with Crippen molar-refractivity contribution in [2.45, 2.75) is 32.1 Å². The smallest absolute Gasteiger partial charge is 0.224 e. The summed E-state index contributed by atoms with van der Waals surface area (Å²) in [6.45, 7) is 0.854. The van der Waals surface area contributed by atoms with Crippen molar-refractivity contribution in [2.75, 3.05) is 12.3 Å². The van der Waals surface area contributed by atoms with Gasteiger partial charge in [-0.3, -0.25) is 4.79 Å². The first-order valence-electron chi connectivity index (χ1n) is 7.32. The molecule has 2 bridgehead atoms. The topological polar surface area (TPSA) is 55.1 Å². The maximum atomic E-state index is 12.0. The zero-order valence-corrected chi connectivity index (χ0v) is 11.3. The number of hydrogen-bond acceptors (Lipinski definition) is 2. The van der Waals surface area contributed by atoms with E-state index in [0.717, 1.165) is 29.9 Å². The van der Waals surface area contributed by atoms with Gasteiger partial charge in [0.25, 0.3) is 0 Å². The molecule has 2 aliphatic rings. The number of carbonyl (C=O) groups excluding carboxylic acids is 1. The van der Waals surface area contributed by atoms with Crippen LogP contribution in [0.1, 0.15) is 31.2 Å². The highest BCUT2D eigenvalue weighted by Gasteiger charge is 2.39. The van der Waals surface area contributed by atoms with Crippen LogP contribution < -0.4 is 11.1 Å². The molecule has 3 nitrogen and oxygen atoms in total. The zero-order valence-electron chi connectivity index (χ0n) is 11.3. The number of rotatable bonds is 4. The molecule has 2 aliphatic carbocycles. The Hall–Kier alpha value is -1.51. The number of nitrogens with two attached hydrogens (primary N) is 1. The van der Waals surface area contributed by atoms with E-state index in [2.05, 4.69) is 5.32 Å². The third kappa shape index (κ3) is 2.75. The van der Waals surface area contributed by atoms with E-state index < -0.39 is 0 Å². The second kappa shape index (κ2) is 5.24. The maximum Gasteiger partial charge on any atom is 0.224 e. The Kier molecular flexibility index (Phi) is 3.45. The van der Waals surface area contributed by atoms with Gasteiger partial charge in [-0.25, -0.2) is 0 Å². The molecule has 2 fully saturated rings. The summed E-state index contributed by atoms with van der Waals surface area (Å²) in [5, 5.41) is 3.09. The molecule has 102 valence electrons. The first kappa shape index (κ1) is 12.5. The fourth-order valence-corrected chi connectivity index (χ4v) is 3.80. The fraction of sp³-hybridized carbons (Fsp3) is 0.562. The van der Waals surface area contributed by atoms with Crippen LogP contribution in [0.15, 0.2) is 24.3 Å². The molecule has 0 radical (unpaired) electrons. The Labute approximate surface area is 114 Å². The van der Waals surface area contributed by atoms with Gasteiger partial charge in [-0.05, 0) is 48.6 Å². The standard InChI is InChI=1S/C16H22N2O/c17-15-4-2-1-3-13(15)9-16(19)18-10-14-8-11-5-6-12(14)7-11/h1-4,11-12,14H,5-10,17H2,(H,18,19). The van der Waals surface area contributed by atoms with Gasteiger partial charge in [-0.15, -0.1) is 0 Å². The lowest BCUT2D eigenvalue weighted by atomic mass is 9.89. The average molecular weight is 258 g/mol. The van der Waals surface area contributed by atoms with Gasteiger partial charge in [0, 0.05) is 12.2 Å². The third-order valence-electron chi connectivity index (χ3n) is 4.85. The molecule has 3 N–H and O–H groups in total. The third-order valence-corrected chi connectivity index (χ3v) is 4.85. The Morgan fingerprint density at radius 1 is 1.26 bits per heavy atom. The van der Waals surface area contributed by atoms with Crippen molar-refractivity contribution in [3.8, 4) is 0 Å². The van der Waals surface area contributed by atoms with Crippen molar-refractivity contribution in [1.29, 1.82) is 0 Å². The van der Waals surface area contributed by atoms with Gasteiger partial charge in [-0.2, -0.15) is 0 Å². The van der Waals surface area contributed by atoms with Gasteiger partial charge in [0.2, 0.25) is 5.91 Å². The lowest BCUT2D eigenvalue weighted by molar-refractivity contribution is -0.120. The normalized spacial score (nSPS) is 28.5. The minimum absolute atomic E-state index is 0.0978. The number of nitrogens with one attached hydrogen (secondary N) is 1. The summed E-state index contributed by atoms with van der Waals surface area (Å²) >= 11 is 0. The molecule has 3 heteroatoms. The molecule has 0 aliphatic heterocycles. The van der Waals surface area contributed by atoms with Crippen LogP contribution >= 0.6 is 0 Å². The lowest BCUT2D eigenvalue weighted by Gasteiger charge is -2.21. The van der Waals surface area contributed by atoms with Crippen molar-refractivity contribution < 1.29 is 4.79 Å². The van der Waals surface area contributed by atoms with E-state index in [-0.39, 0.29) is 5.91 Å². The average Bonchev–Trinajstić information content (AvgIpc) is 3.01. The van der Waals surface area contributed by atoms with Crippen LogP contribution in [0, 0.1) is 17.8 Å². The second-order valence-corrected chi connectivity index (χ2v) is 6.11. The van der Waals surface area contributed by atoms with Crippen LogP contribution in [-0.2, 0) is 11.2 Å². The largest absolute Gasteiger partial charge is 0.398 e. The number of hydrogen-bond donors (Lipinski definition) is 2. The number of amides is 1. The van der Waals surface area contributed by atoms with Crippen LogP contribution in [0.2, 0.25) is 0 Å². The summed E-state index contributed by atoms with van der Waals surface area (Å²) in [6, 6.07) is 7.59. The summed E-state index contributed by atoms with van der Waals surface area (Å²) in [7, 11) is 0. The summed E-state index contributed by atoms with van der Waals surface area (Å²) in [6.07, 6.45) is 5.89. The fourth-order valence-electron chi connectivity index (χ4n) is 3.80. The number of benzene rings is 1. The highest BCUT2D eigenvalue weighted by molar-refractivity contribution is 5.80. The minimum atomic E-state index is 0.0978. The lowest BCUT2D eigenvalue weighted by Crippen LogP contribution is -2.32. The quantitative estimate of drug-likeness (QED) is 0.815. The van der Waals surface area contributed by atoms with Crippen LogP contribution in [-0.4, -0.2) is 12.5 Å². The van der Waals surface area contributed by atoms with Gasteiger partial charge in [-0.1, -0.05) is 24.6 Å². The Bertz CT molecular complexity index is 472. The van der Waals surface area contributed by atoms with E-state index in [1.54, 1.807) is 0 Å². The molecule has 1 aromatic rings. The molecule has 0 saturated heterocycles. The molecule has 1 aromatic carbocycles. The summed E-state index contributed by atoms with van der Waals surface area (Å²) in [4.78, 5) is 12.0. The SMILES string of the molecule is Nc1ccccc1CC(=O)NCC1CC2CCC1C2. The molecular formula is C16H22N2O. The van der Waals surface area contributed by atoms with Crippen LogP contribution in [0.3, 0.4) is 0 Å². The van der Waals surface area contributed by atoms with Gasteiger partial charge >= 0.3 is 0 Å². The van der Waals surface area contributed by atoms with Gasteiger partial charge in [0.15, 0.2) is 0 Å². The van der Waals surface area contributed by atoms with E-state index in [0.29, 0.717) is 12.1 Å². The summed E-state index contributed by atoms with van der Waals surface area (Å²) < 4.78 is 0.